The van der Waals surface area contributed by atoms with Crippen LogP contribution in [0.4, 0.5) is 0 Å². The van der Waals surface area contributed by atoms with E-state index in [1.807, 2.05) is 17.9 Å². The van der Waals surface area contributed by atoms with Crippen LogP contribution in [0.3, 0.4) is 0 Å². The predicted molar refractivity (Wildman–Crippen MR) is 70.7 cm³/mol. The van der Waals surface area contributed by atoms with Crippen molar-refractivity contribution in [3.63, 3.8) is 0 Å². The van der Waals surface area contributed by atoms with E-state index >= 15 is 0 Å². The zero-order chi connectivity index (χ0) is 12.6. The van der Waals surface area contributed by atoms with Crippen LogP contribution in [0.15, 0.2) is 18.3 Å². The number of benzene rings is 1. The van der Waals surface area contributed by atoms with Gasteiger partial charge >= 0.3 is 0 Å². The molecule has 0 saturated carbocycles. The average Bonchev–Trinajstić information content (AvgIpc) is 2.64. The minimum Gasteiger partial charge on any atom is -0.325 e. The molecule has 3 nitrogen and oxygen atoms in total. The lowest BCUT2D eigenvalue weighted by molar-refractivity contribution is 0.742. The smallest absolute Gasteiger partial charge is 0.0838 e. The largest absolute Gasteiger partial charge is 0.325 e. The molecule has 3 heteroatoms. The highest BCUT2D eigenvalue weighted by Gasteiger charge is 2.11. The molecule has 0 aliphatic heterocycles. The van der Waals surface area contributed by atoms with Crippen LogP contribution in [0.2, 0.25) is 0 Å². The van der Waals surface area contributed by atoms with Gasteiger partial charge in [0.2, 0.25) is 0 Å². The summed E-state index contributed by atoms with van der Waals surface area (Å²) in [5.41, 5.74) is 13.0. The summed E-state index contributed by atoms with van der Waals surface area (Å²) in [4.78, 5) is 0. The zero-order valence-corrected chi connectivity index (χ0v) is 10.9. The maximum Gasteiger partial charge on any atom is 0.0838 e. The van der Waals surface area contributed by atoms with Crippen molar-refractivity contribution in [2.75, 3.05) is 0 Å². The standard InChI is InChI=1S/C14H19N3/c1-9-5-11(3)12(6-10(9)2)13-8-17(4)16-14(13)7-15/h5-6,8H,7,15H2,1-4H3. The third kappa shape index (κ3) is 2.11. The monoisotopic (exact) mass is 229 g/mol. The van der Waals surface area contributed by atoms with Crippen molar-refractivity contribution in [1.29, 1.82) is 0 Å². The summed E-state index contributed by atoms with van der Waals surface area (Å²) in [5, 5.41) is 4.39. The first-order chi connectivity index (χ1) is 8.02. The highest BCUT2D eigenvalue weighted by Crippen LogP contribution is 2.28. The fourth-order valence-electron chi connectivity index (χ4n) is 2.16. The van der Waals surface area contributed by atoms with E-state index in [9.17, 15) is 0 Å². The van der Waals surface area contributed by atoms with E-state index in [-0.39, 0.29) is 0 Å². The maximum atomic E-state index is 5.74. The lowest BCUT2D eigenvalue weighted by Gasteiger charge is -2.09. The average molecular weight is 229 g/mol. The van der Waals surface area contributed by atoms with Crippen molar-refractivity contribution in [1.82, 2.24) is 9.78 Å². The minimum atomic E-state index is 0.475. The Balaban J connectivity index is 2.63. The van der Waals surface area contributed by atoms with Crippen molar-refractivity contribution < 1.29 is 0 Å². The number of hydrogen-bond donors (Lipinski definition) is 1. The molecule has 0 unspecified atom stereocenters. The van der Waals surface area contributed by atoms with Gasteiger partial charge in [-0.2, -0.15) is 5.10 Å². The fraction of sp³-hybridized carbons (Fsp3) is 0.357. The second-order valence-electron chi connectivity index (χ2n) is 4.62. The number of aromatic nitrogens is 2. The molecule has 0 saturated heterocycles. The van der Waals surface area contributed by atoms with Crippen LogP contribution in [0.1, 0.15) is 22.4 Å². The molecule has 0 spiro atoms. The van der Waals surface area contributed by atoms with E-state index in [4.69, 9.17) is 5.73 Å². The third-order valence-corrected chi connectivity index (χ3v) is 3.23. The first-order valence-corrected chi connectivity index (χ1v) is 5.83. The molecule has 0 aliphatic carbocycles. The van der Waals surface area contributed by atoms with E-state index < -0.39 is 0 Å². The number of aryl methyl sites for hydroxylation is 4. The van der Waals surface area contributed by atoms with Crippen molar-refractivity contribution in [3.05, 3.63) is 40.7 Å². The summed E-state index contributed by atoms with van der Waals surface area (Å²) in [7, 11) is 1.93. The normalized spacial score (nSPS) is 10.9. The molecule has 17 heavy (non-hydrogen) atoms. The Morgan fingerprint density at radius 1 is 1.06 bits per heavy atom. The van der Waals surface area contributed by atoms with Gasteiger partial charge in [0.25, 0.3) is 0 Å². The van der Waals surface area contributed by atoms with Crippen molar-refractivity contribution >= 4 is 0 Å². The second kappa shape index (κ2) is 4.34. The van der Waals surface area contributed by atoms with Gasteiger partial charge in [-0.25, -0.2) is 0 Å². The van der Waals surface area contributed by atoms with Gasteiger partial charge < -0.3 is 5.73 Å². The Labute approximate surface area is 102 Å². The van der Waals surface area contributed by atoms with E-state index in [0.717, 1.165) is 11.3 Å². The van der Waals surface area contributed by atoms with Crippen LogP contribution in [-0.4, -0.2) is 9.78 Å². The van der Waals surface area contributed by atoms with Crippen LogP contribution in [0, 0.1) is 20.8 Å². The molecular weight excluding hydrogens is 210 g/mol. The Hall–Kier alpha value is -1.61. The summed E-state index contributed by atoms with van der Waals surface area (Å²) < 4.78 is 1.83. The first kappa shape index (κ1) is 11.9. The van der Waals surface area contributed by atoms with Crippen LogP contribution < -0.4 is 5.73 Å². The SMILES string of the molecule is Cc1cc(C)c(-c2cn(C)nc2CN)cc1C. The van der Waals surface area contributed by atoms with Crippen molar-refractivity contribution in [3.8, 4) is 11.1 Å². The molecule has 1 heterocycles. The first-order valence-electron chi connectivity index (χ1n) is 5.83. The summed E-state index contributed by atoms with van der Waals surface area (Å²) in [6.07, 6.45) is 2.04. The second-order valence-corrected chi connectivity index (χ2v) is 4.62. The molecule has 0 amide bonds. The molecule has 2 N–H and O–H groups in total. The van der Waals surface area contributed by atoms with Gasteiger partial charge in [0, 0.05) is 25.4 Å². The van der Waals surface area contributed by atoms with Crippen LogP contribution in [-0.2, 0) is 13.6 Å². The van der Waals surface area contributed by atoms with E-state index in [2.05, 4.69) is 38.0 Å². The summed E-state index contributed by atoms with van der Waals surface area (Å²) >= 11 is 0. The highest BCUT2D eigenvalue weighted by atomic mass is 15.3. The molecular formula is C14H19N3. The number of nitrogens with two attached hydrogens (primary N) is 1. The molecule has 2 rings (SSSR count). The highest BCUT2D eigenvalue weighted by molar-refractivity contribution is 5.70. The molecule has 1 aromatic carbocycles. The molecule has 0 atom stereocenters. The molecule has 0 fully saturated rings. The van der Waals surface area contributed by atoms with E-state index in [1.54, 1.807) is 0 Å². The summed E-state index contributed by atoms with van der Waals surface area (Å²) in [6.45, 7) is 6.88. The zero-order valence-electron chi connectivity index (χ0n) is 10.9. The summed E-state index contributed by atoms with van der Waals surface area (Å²) in [6, 6.07) is 4.44. The molecule has 0 bridgehead atoms. The van der Waals surface area contributed by atoms with Gasteiger partial charge in [-0.05, 0) is 43.0 Å². The quantitative estimate of drug-likeness (QED) is 0.859. The molecule has 2 aromatic rings. The van der Waals surface area contributed by atoms with Crippen LogP contribution in [0.5, 0.6) is 0 Å². The Kier molecular flexibility index (Phi) is 3.03. The van der Waals surface area contributed by atoms with E-state index in [1.165, 1.54) is 22.3 Å². The van der Waals surface area contributed by atoms with Crippen molar-refractivity contribution in [2.24, 2.45) is 12.8 Å². The van der Waals surface area contributed by atoms with Crippen molar-refractivity contribution in [2.45, 2.75) is 27.3 Å². The Morgan fingerprint density at radius 2 is 1.71 bits per heavy atom. The van der Waals surface area contributed by atoms with Gasteiger partial charge in [-0.3, -0.25) is 4.68 Å². The van der Waals surface area contributed by atoms with Crippen LogP contribution in [0.25, 0.3) is 11.1 Å². The van der Waals surface area contributed by atoms with Gasteiger partial charge in [0.05, 0.1) is 5.69 Å². The number of rotatable bonds is 2. The fourth-order valence-corrected chi connectivity index (χ4v) is 2.16. The maximum absolute atomic E-state index is 5.74. The third-order valence-electron chi connectivity index (χ3n) is 3.23. The lowest BCUT2D eigenvalue weighted by Crippen LogP contribution is -2.00. The van der Waals surface area contributed by atoms with Gasteiger partial charge in [-0.15, -0.1) is 0 Å². The van der Waals surface area contributed by atoms with Gasteiger partial charge in [0.1, 0.15) is 0 Å². The molecule has 0 aliphatic rings. The van der Waals surface area contributed by atoms with E-state index in [0.29, 0.717) is 6.54 Å². The summed E-state index contributed by atoms with van der Waals surface area (Å²) in [5.74, 6) is 0. The molecule has 90 valence electrons. The Bertz CT molecular complexity index is 553. The molecule has 1 aromatic heterocycles. The number of hydrogen-bond acceptors (Lipinski definition) is 2. The molecule has 0 radical (unpaired) electrons. The van der Waals surface area contributed by atoms with Gasteiger partial charge in [0.15, 0.2) is 0 Å². The predicted octanol–water partition coefficient (Wildman–Crippen LogP) is 2.47. The Morgan fingerprint density at radius 3 is 2.35 bits per heavy atom. The topological polar surface area (TPSA) is 43.8 Å². The number of nitrogens with zero attached hydrogens (tertiary/aromatic N) is 2. The minimum absolute atomic E-state index is 0.475. The lowest BCUT2D eigenvalue weighted by atomic mass is 9.96. The van der Waals surface area contributed by atoms with Gasteiger partial charge in [-0.1, -0.05) is 12.1 Å². The van der Waals surface area contributed by atoms with Crippen LogP contribution >= 0.6 is 0 Å².